The molecule has 22 heavy (non-hydrogen) atoms. The Labute approximate surface area is 128 Å². The number of esters is 1. The van der Waals surface area contributed by atoms with Crippen molar-refractivity contribution in [1.82, 2.24) is 15.0 Å². The molecule has 2 rings (SSSR count). The summed E-state index contributed by atoms with van der Waals surface area (Å²) in [6.45, 7) is 5.93. The minimum atomic E-state index is -0.403. The second kappa shape index (κ2) is 6.84. The number of anilines is 1. The zero-order valence-corrected chi connectivity index (χ0v) is 12.8. The Bertz CT molecular complexity index is 694. The molecule has 0 spiro atoms. The highest BCUT2D eigenvalue weighted by Gasteiger charge is 2.11. The lowest BCUT2D eigenvalue weighted by Gasteiger charge is -2.04. The van der Waals surface area contributed by atoms with Gasteiger partial charge in [0, 0.05) is 5.56 Å². The highest BCUT2D eigenvalue weighted by molar-refractivity contribution is 6.03. The van der Waals surface area contributed by atoms with E-state index >= 15 is 0 Å². The fraction of sp³-hybridized carbons (Fsp3) is 0.333. The summed E-state index contributed by atoms with van der Waals surface area (Å²) in [5, 5.41) is 10.2. The summed E-state index contributed by atoms with van der Waals surface area (Å²) in [6, 6.07) is 5.45. The van der Waals surface area contributed by atoms with Gasteiger partial charge < -0.3 is 10.1 Å². The van der Waals surface area contributed by atoms with E-state index in [9.17, 15) is 9.59 Å². The van der Waals surface area contributed by atoms with Gasteiger partial charge in [0.05, 0.1) is 12.8 Å². The van der Waals surface area contributed by atoms with Gasteiger partial charge in [-0.05, 0) is 44.0 Å². The molecule has 0 fully saturated rings. The number of hydrogen-bond acceptors (Lipinski definition) is 5. The highest BCUT2D eigenvalue weighted by Crippen LogP contribution is 2.11. The average Bonchev–Trinajstić information content (AvgIpc) is 2.89. The number of nitrogens with one attached hydrogen (secondary N) is 1. The third kappa shape index (κ3) is 3.91. The maximum atomic E-state index is 12.1. The quantitative estimate of drug-likeness (QED) is 0.850. The zero-order valence-electron chi connectivity index (χ0n) is 12.8. The zero-order chi connectivity index (χ0) is 16.1. The van der Waals surface area contributed by atoms with Crippen LogP contribution >= 0.6 is 0 Å². The number of amides is 1. The number of nitrogens with zero attached hydrogens (tertiary/aromatic N) is 3. The Morgan fingerprint density at radius 1 is 1.27 bits per heavy atom. The first-order valence-corrected chi connectivity index (χ1v) is 6.94. The van der Waals surface area contributed by atoms with E-state index in [-0.39, 0.29) is 18.3 Å². The predicted octanol–water partition coefficient (Wildman–Crippen LogP) is 1.71. The molecule has 1 aromatic carbocycles. The second-order valence-electron chi connectivity index (χ2n) is 4.86. The Morgan fingerprint density at radius 3 is 2.73 bits per heavy atom. The van der Waals surface area contributed by atoms with Crippen LogP contribution in [0, 0.1) is 13.8 Å². The van der Waals surface area contributed by atoms with E-state index in [1.807, 2.05) is 26.0 Å². The summed E-state index contributed by atoms with van der Waals surface area (Å²) in [6.07, 6.45) is 1.48. The van der Waals surface area contributed by atoms with Gasteiger partial charge in [0.2, 0.25) is 0 Å². The van der Waals surface area contributed by atoms with Crippen LogP contribution in [0.25, 0.3) is 0 Å². The Kier molecular flexibility index (Phi) is 4.88. The maximum Gasteiger partial charge on any atom is 0.327 e. The number of carbonyl (C=O) groups excluding carboxylic acids is 2. The highest BCUT2D eigenvalue weighted by atomic mass is 16.5. The standard InChI is InChI=1S/C15H18N4O3/c1-4-22-14(20)9-19-8-13(17-18-19)16-15(21)12-6-5-10(2)11(3)7-12/h5-8H,4,9H2,1-3H3,(H,16,21). The molecule has 1 amide bonds. The first-order valence-electron chi connectivity index (χ1n) is 6.94. The number of aromatic nitrogens is 3. The van der Waals surface area contributed by atoms with Gasteiger partial charge in [0.15, 0.2) is 5.82 Å². The van der Waals surface area contributed by atoms with Crippen molar-refractivity contribution >= 4 is 17.7 Å². The van der Waals surface area contributed by atoms with Crippen LogP contribution in [-0.2, 0) is 16.1 Å². The molecule has 7 heteroatoms. The molecule has 0 saturated carbocycles. The van der Waals surface area contributed by atoms with Crippen LogP contribution in [0.4, 0.5) is 5.82 Å². The summed E-state index contributed by atoms with van der Waals surface area (Å²) in [4.78, 5) is 23.5. The molecule has 0 saturated heterocycles. The molecular formula is C15H18N4O3. The number of rotatable bonds is 5. The molecule has 0 radical (unpaired) electrons. The largest absolute Gasteiger partial charge is 0.465 e. The van der Waals surface area contributed by atoms with Crippen molar-refractivity contribution in [3.8, 4) is 0 Å². The summed E-state index contributed by atoms with van der Waals surface area (Å²) < 4.78 is 6.13. The van der Waals surface area contributed by atoms with Crippen LogP contribution in [0.2, 0.25) is 0 Å². The first-order chi connectivity index (χ1) is 10.5. The smallest absolute Gasteiger partial charge is 0.327 e. The molecule has 0 aliphatic rings. The van der Waals surface area contributed by atoms with E-state index < -0.39 is 5.97 Å². The minimum Gasteiger partial charge on any atom is -0.465 e. The van der Waals surface area contributed by atoms with Gasteiger partial charge in [-0.1, -0.05) is 11.3 Å². The monoisotopic (exact) mass is 302 g/mol. The molecular weight excluding hydrogens is 284 g/mol. The van der Waals surface area contributed by atoms with Crippen LogP contribution < -0.4 is 5.32 Å². The summed E-state index contributed by atoms with van der Waals surface area (Å²) in [5.74, 6) is -0.391. The lowest BCUT2D eigenvalue weighted by Crippen LogP contribution is -2.14. The maximum absolute atomic E-state index is 12.1. The van der Waals surface area contributed by atoms with Crippen molar-refractivity contribution in [1.29, 1.82) is 0 Å². The van der Waals surface area contributed by atoms with Crippen LogP contribution in [0.3, 0.4) is 0 Å². The van der Waals surface area contributed by atoms with Crippen molar-refractivity contribution in [3.05, 3.63) is 41.1 Å². The van der Waals surface area contributed by atoms with Crippen LogP contribution in [0.1, 0.15) is 28.4 Å². The van der Waals surface area contributed by atoms with Gasteiger partial charge in [-0.15, -0.1) is 5.10 Å². The Morgan fingerprint density at radius 2 is 2.05 bits per heavy atom. The van der Waals surface area contributed by atoms with E-state index in [4.69, 9.17) is 4.74 Å². The molecule has 0 aliphatic heterocycles. The van der Waals surface area contributed by atoms with E-state index in [0.717, 1.165) is 11.1 Å². The number of ether oxygens (including phenoxy) is 1. The van der Waals surface area contributed by atoms with Gasteiger partial charge in [0.1, 0.15) is 6.54 Å². The van der Waals surface area contributed by atoms with Crippen molar-refractivity contribution in [3.63, 3.8) is 0 Å². The molecule has 1 N–H and O–H groups in total. The fourth-order valence-corrected chi connectivity index (χ4v) is 1.84. The van der Waals surface area contributed by atoms with Crippen LogP contribution in [-0.4, -0.2) is 33.5 Å². The normalized spacial score (nSPS) is 10.3. The van der Waals surface area contributed by atoms with E-state index in [2.05, 4.69) is 15.6 Å². The van der Waals surface area contributed by atoms with Gasteiger partial charge in [-0.3, -0.25) is 9.59 Å². The molecule has 0 atom stereocenters. The van der Waals surface area contributed by atoms with E-state index in [0.29, 0.717) is 12.2 Å². The SMILES string of the molecule is CCOC(=O)Cn1cc(NC(=O)c2ccc(C)c(C)c2)nn1. The topological polar surface area (TPSA) is 86.1 Å². The lowest BCUT2D eigenvalue weighted by atomic mass is 10.1. The van der Waals surface area contributed by atoms with Gasteiger partial charge >= 0.3 is 5.97 Å². The van der Waals surface area contributed by atoms with Crippen LogP contribution in [0.15, 0.2) is 24.4 Å². The van der Waals surface area contributed by atoms with Crippen molar-refractivity contribution < 1.29 is 14.3 Å². The number of carbonyl (C=O) groups is 2. The van der Waals surface area contributed by atoms with Gasteiger partial charge in [-0.25, -0.2) is 4.68 Å². The fourth-order valence-electron chi connectivity index (χ4n) is 1.84. The molecule has 116 valence electrons. The number of benzene rings is 1. The molecule has 0 aliphatic carbocycles. The molecule has 1 heterocycles. The third-order valence-electron chi connectivity index (χ3n) is 3.15. The molecule has 0 bridgehead atoms. The second-order valence-corrected chi connectivity index (χ2v) is 4.86. The van der Waals surface area contributed by atoms with E-state index in [1.54, 1.807) is 13.0 Å². The number of aryl methyl sites for hydroxylation is 2. The first kappa shape index (κ1) is 15.7. The van der Waals surface area contributed by atoms with Gasteiger partial charge in [-0.2, -0.15) is 0 Å². The summed E-state index contributed by atoms with van der Waals surface area (Å²) >= 11 is 0. The molecule has 2 aromatic rings. The molecule has 0 unspecified atom stereocenters. The third-order valence-corrected chi connectivity index (χ3v) is 3.15. The molecule has 7 nitrogen and oxygen atoms in total. The van der Waals surface area contributed by atoms with Crippen molar-refractivity contribution in [2.24, 2.45) is 0 Å². The predicted molar refractivity (Wildman–Crippen MR) is 80.5 cm³/mol. The van der Waals surface area contributed by atoms with Gasteiger partial charge in [0.25, 0.3) is 5.91 Å². The Balaban J connectivity index is 2.01. The molecule has 1 aromatic heterocycles. The van der Waals surface area contributed by atoms with Crippen molar-refractivity contribution in [2.75, 3.05) is 11.9 Å². The van der Waals surface area contributed by atoms with Crippen molar-refractivity contribution in [2.45, 2.75) is 27.3 Å². The lowest BCUT2D eigenvalue weighted by molar-refractivity contribution is -0.144. The number of hydrogen-bond donors (Lipinski definition) is 1. The Hall–Kier alpha value is -2.70. The summed E-state index contributed by atoms with van der Waals surface area (Å²) in [7, 11) is 0. The summed E-state index contributed by atoms with van der Waals surface area (Å²) in [5.41, 5.74) is 2.71. The minimum absolute atomic E-state index is 0.0413. The van der Waals surface area contributed by atoms with E-state index in [1.165, 1.54) is 10.9 Å². The van der Waals surface area contributed by atoms with Crippen LogP contribution in [0.5, 0.6) is 0 Å². The average molecular weight is 302 g/mol.